The topological polar surface area (TPSA) is 25.5 Å². The van der Waals surface area contributed by atoms with Crippen molar-refractivity contribution in [2.24, 2.45) is 23.7 Å². The summed E-state index contributed by atoms with van der Waals surface area (Å²) in [6, 6.07) is 34.9. The van der Waals surface area contributed by atoms with Gasteiger partial charge in [-0.3, -0.25) is 0 Å². The molecule has 0 amide bonds. The summed E-state index contributed by atoms with van der Waals surface area (Å²) >= 11 is 5.95. The Bertz CT molecular complexity index is 2040. The van der Waals surface area contributed by atoms with Gasteiger partial charge in [0.15, 0.2) is 0 Å². The van der Waals surface area contributed by atoms with Crippen molar-refractivity contribution in [1.82, 2.24) is 19.7 Å². The lowest BCUT2D eigenvalue weighted by Gasteiger charge is -2.32. The van der Waals surface area contributed by atoms with Crippen molar-refractivity contribution in [1.29, 1.82) is 0 Å². The van der Waals surface area contributed by atoms with Crippen LogP contribution >= 0.6 is 11.6 Å². The summed E-state index contributed by atoms with van der Waals surface area (Å²) in [5, 5.41) is 2.14. The van der Waals surface area contributed by atoms with Crippen LogP contribution < -0.4 is 0 Å². The Morgan fingerprint density at radius 1 is 0.514 bits per heavy atom. The van der Waals surface area contributed by atoms with Crippen molar-refractivity contribution in [3.05, 3.63) is 148 Å². The second kappa shape index (κ2) is 31.7. The zero-order valence-corrected chi connectivity index (χ0v) is 45.8. The summed E-state index contributed by atoms with van der Waals surface area (Å²) in [7, 11) is 0. The number of aromatic nitrogens is 1. The van der Waals surface area contributed by atoms with Crippen LogP contribution in [-0.2, 0) is 0 Å². The SMILES string of the molecule is CC(C)/C=C/c1c[nH]c2ccccc12.CC(C)CCCN1CCC(c2ccc(Cl)cc2)CC1.CC(C)CCCN1CCC(c2ccc(F)cc2)CC1.CC(C)CCCN1CCC(c2ccccc2)CC1. The molecule has 0 radical (unpaired) electrons. The second-order valence-corrected chi connectivity index (χ2v) is 22.8. The molecule has 0 spiro atoms. The fourth-order valence-corrected chi connectivity index (χ4v) is 10.5. The maximum Gasteiger partial charge on any atom is 0.123 e. The Kier molecular flexibility index (Phi) is 25.9. The number of fused-ring (bicyclic) bond motifs is 1. The highest BCUT2D eigenvalue weighted by atomic mass is 35.5. The molecule has 0 unspecified atom stereocenters. The van der Waals surface area contributed by atoms with Crippen LogP contribution in [0.3, 0.4) is 0 Å². The van der Waals surface area contributed by atoms with Crippen LogP contribution in [0.15, 0.2) is 115 Å². The molecule has 4 heterocycles. The maximum atomic E-state index is 12.9. The molecule has 5 aromatic rings. The number of benzene rings is 4. The average molecular weight is 974 g/mol. The van der Waals surface area contributed by atoms with E-state index in [9.17, 15) is 4.39 Å². The van der Waals surface area contributed by atoms with E-state index in [1.54, 1.807) is 17.7 Å². The largest absolute Gasteiger partial charge is 0.361 e. The Morgan fingerprint density at radius 3 is 1.31 bits per heavy atom. The summed E-state index contributed by atoms with van der Waals surface area (Å²) in [6.07, 6.45) is 22.3. The van der Waals surface area contributed by atoms with Crippen LogP contribution in [0.1, 0.15) is 172 Å². The van der Waals surface area contributed by atoms with Gasteiger partial charge in [0, 0.05) is 22.1 Å². The van der Waals surface area contributed by atoms with Crippen LogP contribution in [0.25, 0.3) is 17.0 Å². The number of rotatable bonds is 17. The normalized spacial score (nSPS) is 16.9. The zero-order valence-electron chi connectivity index (χ0n) is 45.0. The van der Waals surface area contributed by atoms with Crippen LogP contribution in [0.5, 0.6) is 0 Å². The second-order valence-electron chi connectivity index (χ2n) is 22.4. The number of hydrogen-bond donors (Lipinski definition) is 1. The smallest absolute Gasteiger partial charge is 0.123 e. The summed E-state index contributed by atoms with van der Waals surface area (Å²) in [5.41, 5.74) is 6.79. The molecular weight excluding hydrogens is 879 g/mol. The number of likely N-dealkylation sites (tertiary alicyclic amines) is 3. The first-order chi connectivity index (χ1) is 33.8. The van der Waals surface area contributed by atoms with Gasteiger partial charge >= 0.3 is 0 Å². The minimum absolute atomic E-state index is 0.130. The molecule has 6 heteroatoms. The molecule has 3 fully saturated rings. The van der Waals surface area contributed by atoms with Crippen molar-refractivity contribution >= 4 is 28.6 Å². The van der Waals surface area contributed by atoms with Gasteiger partial charge in [-0.15, -0.1) is 0 Å². The summed E-state index contributed by atoms with van der Waals surface area (Å²) in [4.78, 5) is 11.1. The number of allylic oxidation sites excluding steroid dienone is 1. The molecule has 3 saturated heterocycles. The lowest BCUT2D eigenvalue weighted by molar-refractivity contribution is 0.206. The van der Waals surface area contributed by atoms with Gasteiger partial charge in [-0.2, -0.15) is 0 Å². The Morgan fingerprint density at radius 2 is 0.900 bits per heavy atom. The van der Waals surface area contributed by atoms with Gasteiger partial charge in [0.2, 0.25) is 0 Å². The quantitative estimate of drug-likeness (QED) is 0.101. The van der Waals surface area contributed by atoms with Crippen molar-refractivity contribution in [2.45, 2.75) is 150 Å². The van der Waals surface area contributed by atoms with Gasteiger partial charge in [0.25, 0.3) is 0 Å². The first-order valence-corrected chi connectivity index (χ1v) is 28.2. The molecular formula is C64H94ClFN4. The molecule has 1 N–H and O–H groups in total. The third-order valence-electron chi connectivity index (χ3n) is 14.8. The van der Waals surface area contributed by atoms with Gasteiger partial charge in [-0.05, 0) is 230 Å². The van der Waals surface area contributed by atoms with Gasteiger partial charge in [-0.25, -0.2) is 4.39 Å². The predicted molar refractivity (Wildman–Crippen MR) is 304 cm³/mol. The first kappa shape index (κ1) is 57.2. The van der Waals surface area contributed by atoms with Crippen LogP contribution in [0.2, 0.25) is 5.02 Å². The lowest BCUT2D eigenvalue weighted by atomic mass is 9.89. The molecule has 1 aromatic heterocycles. The molecule has 4 aromatic carbocycles. The van der Waals surface area contributed by atoms with E-state index in [2.05, 4.69) is 160 Å². The minimum Gasteiger partial charge on any atom is -0.361 e. The molecule has 3 aliphatic rings. The molecule has 4 nitrogen and oxygen atoms in total. The molecule has 3 aliphatic heterocycles. The van der Waals surface area contributed by atoms with E-state index in [4.69, 9.17) is 11.6 Å². The third-order valence-corrected chi connectivity index (χ3v) is 15.0. The highest BCUT2D eigenvalue weighted by Gasteiger charge is 2.22. The van der Waals surface area contributed by atoms with E-state index in [1.807, 2.05) is 24.3 Å². The van der Waals surface area contributed by atoms with Crippen LogP contribution in [0.4, 0.5) is 4.39 Å². The fraction of sp³-hybridized carbons (Fsp3) is 0.562. The van der Waals surface area contributed by atoms with E-state index < -0.39 is 0 Å². The first-order valence-electron chi connectivity index (χ1n) is 27.8. The number of H-pyrrole nitrogens is 1. The number of halogens is 2. The predicted octanol–water partition coefficient (Wildman–Crippen LogP) is 17.5. The Hall–Kier alpha value is -3.74. The summed E-state index contributed by atoms with van der Waals surface area (Å²) < 4.78 is 12.9. The molecule has 70 heavy (non-hydrogen) atoms. The van der Waals surface area contributed by atoms with Gasteiger partial charge in [0.1, 0.15) is 5.82 Å². The van der Waals surface area contributed by atoms with Crippen LogP contribution in [-0.4, -0.2) is 78.6 Å². The minimum atomic E-state index is -0.130. The number of nitrogens with one attached hydrogen (secondary N) is 1. The van der Waals surface area contributed by atoms with E-state index in [0.29, 0.717) is 11.8 Å². The van der Waals surface area contributed by atoms with Crippen molar-refractivity contribution < 1.29 is 4.39 Å². The number of nitrogens with zero attached hydrogens (tertiary/aromatic N) is 3. The average Bonchev–Trinajstić information content (AvgIpc) is 3.78. The lowest BCUT2D eigenvalue weighted by Crippen LogP contribution is -2.33. The van der Waals surface area contributed by atoms with Crippen LogP contribution in [0, 0.1) is 29.5 Å². The number of aromatic amines is 1. The molecule has 0 aliphatic carbocycles. The Labute approximate surface area is 431 Å². The number of para-hydroxylation sites is 1. The highest BCUT2D eigenvalue weighted by molar-refractivity contribution is 6.30. The van der Waals surface area contributed by atoms with E-state index in [0.717, 1.165) is 34.6 Å². The van der Waals surface area contributed by atoms with E-state index in [-0.39, 0.29) is 5.82 Å². The molecule has 0 bridgehead atoms. The Balaban J connectivity index is 0.000000175. The standard InChI is InChI=1S/C17H26ClN.C17H26FN.C17H27N.C13H15N/c2*1-14(2)4-3-11-19-12-9-16(10-13-19)15-5-7-17(18)8-6-15;1-15(2)7-6-12-18-13-10-17(11-14-18)16-8-4-3-5-9-16;1-10(2)7-8-11-9-14-13-6-4-3-5-12(11)13/h2*5-8,14,16H,3-4,9-13H2,1-2H3;3-5,8-9,15,17H,6-7,10-14H2,1-2H3;3-10,14H,1-2H3/b;;;8-7+. The maximum absolute atomic E-state index is 12.9. The number of hydrogen-bond acceptors (Lipinski definition) is 3. The van der Waals surface area contributed by atoms with Crippen molar-refractivity contribution in [3.8, 4) is 0 Å². The zero-order chi connectivity index (χ0) is 50.1. The van der Waals surface area contributed by atoms with Crippen molar-refractivity contribution in [2.75, 3.05) is 58.9 Å². The van der Waals surface area contributed by atoms with E-state index in [1.165, 1.54) is 164 Å². The molecule has 0 atom stereocenters. The molecule has 0 saturated carbocycles. The van der Waals surface area contributed by atoms with Gasteiger partial charge < -0.3 is 19.7 Å². The highest BCUT2D eigenvalue weighted by Crippen LogP contribution is 2.31. The molecule has 8 rings (SSSR count). The third kappa shape index (κ3) is 21.5. The van der Waals surface area contributed by atoms with E-state index >= 15 is 0 Å². The fourth-order valence-electron chi connectivity index (χ4n) is 10.4. The van der Waals surface area contributed by atoms with Gasteiger partial charge in [0.05, 0.1) is 0 Å². The monoisotopic (exact) mass is 973 g/mol. The summed E-state index contributed by atoms with van der Waals surface area (Å²) in [5.74, 6) is 5.14. The number of piperidine rings is 3. The van der Waals surface area contributed by atoms with Crippen molar-refractivity contribution in [3.63, 3.8) is 0 Å². The molecule has 384 valence electrons. The van der Waals surface area contributed by atoms with Gasteiger partial charge in [-0.1, -0.05) is 152 Å². The summed E-state index contributed by atoms with van der Waals surface area (Å²) in [6.45, 7) is 29.5.